The first kappa shape index (κ1) is 15.3. The molecule has 1 N–H and O–H groups in total. The molecule has 0 heterocycles. The van der Waals surface area contributed by atoms with E-state index in [4.69, 9.17) is 9.94 Å². The van der Waals surface area contributed by atoms with E-state index in [0.717, 1.165) is 5.56 Å². The van der Waals surface area contributed by atoms with Gasteiger partial charge in [-0.15, -0.1) is 13.2 Å². The van der Waals surface area contributed by atoms with Gasteiger partial charge in [-0.25, -0.2) is 0 Å². The lowest BCUT2D eigenvalue weighted by Crippen LogP contribution is -2.18. The Labute approximate surface area is 108 Å². The van der Waals surface area contributed by atoms with Gasteiger partial charge in [0.1, 0.15) is 12.4 Å². The number of rotatable bonds is 6. The van der Waals surface area contributed by atoms with Crippen molar-refractivity contribution in [2.75, 3.05) is 13.2 Å². The molecule has 0 spiro atoms. The third-order valence-electron chi connectivity index (χ3n) is 2.17. The highest BCUT2D eigenvalue weighted by molar-refractivity contribution is 5.83. The molecular weight excluding hydrogens is 263 g/mol. The zero-order chi connectivity index (χ0) is 14.3. The molecule has 0 aliphatic carbocycles. The van der Waals surface area contributed by atoms with Crippen LogP contribution in [0, 0.1) is 0 Å². The summed E-state index contributed by atoms with van der Waals surface area (Å²) in [7, 11) is 0. The van der Waals surface area contributed by atoms with E-state index in [9.17, 15) is 13.2 Å². The quantitative estimate of drug-likeness (QED) is 0.376. The van der Waals surface area contributed by atoms with Crippen LogP contribution in [0.2, 0.25) is 0 Å². The molecule has 7 heteroatoms. The van der Waals surface area contributed by atoms with Crippen LogP contribution in [0.1, 0.15) is 12.5 Å². The fourth-order valence-corrected chi connectivity index (χ4v) is 1.35. The molecule has 0 saturated carbocycles. The third kappa shape index (κ3) is 6.66. The zero-order valence-corrected chi connectivity index (χ0v) is 10.3. The van der Waals surface area contributed by atoms with Gasteiger partial charge in [-0.3, -0.25) is 4.74 Å². The second-order valence-corrected chi connectivity index (χ2v) is 3.80. The number of ether oxygens (including phenoxy) is 2. The molecule has 0 bridgehead atoms. The Morgan fingerprint density at radius 3 is 2.37 bits per heavy atom. The van der Waals surface area contributed by atoms with Crippen molar-refractivity contribution in [3.8, 4) is 5.75 Å². The monoisotopic (exact) mass is 277 g/mol. The molecular formula is C12H14F3NO3. The number of halogens is 3. The number of alkyl halides is 3. The van der Waals surface area contributed by atoms with Crippen LogP contribution in [0.4, 0.5) is 13.2 Å². The predicted octanol–water partition coefficient (Wildman–Crippen LogP) is 2.99. The molecule has 0 aliphatic heterocycles. The first-order valence-corrected chi connectivity index (χ1v) is 5.50. The van der Waals surface area contributed by atoms with Crippen molar-refractivity contribution >= 4 is 5.71 Å². The van der Waals surface area contributed by atoms with Crippen molar-refractivity contribution < 1.29 is 27.9 Å². The summed E-state index contributed by atoms with van der Waals surface area (Å²) in [6.45, 7) is 0.941. The topological polar surface area (TPSA) is 51.0 Å². The fraction of sp³-hybridized carbons (Fsp3) is 0.417. The van der Waals surface area contributed by atoms with Crippen LogP contribution >= 0.6 is 0 Å². The van der Waals surface area contributed by atoms with Gasteiger partial charge >= 0.3 is 6.36 Å². The summed E-state index contributed by atoms with van der Waals surface area (Å²) >= 11 is 0. The lowest BCUT2D eigenvalue weighted by molar-refractivity contribution is -0.325. The standard InChI is InChI=1S/C12H14F3NO3/c1-9(16-17)8-10-2-4-11(5-3-10)18-6-7-19-12(13,14)15/h2-5,17H,6-8H2,1H3/b16-9-. The Balaban J connectivity index is 2.36. The molecule has 19 heavy (non-hydrogen) atoms. The molecule has 1 aromatic rings. The number of nitrogens with zero attached hydrogens (tertiary/aromatic N) is 1. The molecule has 0 fully saturated rings. The van der Waals surface area contributed by atoms with Gasteiger partial charge in [-0.05, 0) is 24.6 Å². The molecule has 0 radical (unpaired) electrons. The summed E-state index contributed by atoms with van der Waals surface area (Å²) in [5.41, 5.74) is 1.47. The molecule has 0 amide bonds. The number of benzene rings is 1. The maximum absolute atomic E-state index is 11.7. The van der Waals surface area contributed by atoms with Crippen molar-refractivity contribution in [2.45, 2.75) is 19.7 Å². The number of hydrogen-bond acceptors (Lipinski definition) is 4. The van der Waals surface area contributed by atoms with Gasteiger partial charge < -0.3 is 9.94 Å². The molecule has 0 unspecified atom stereocenters. The minimum atomic E-state index is -4.63. The third-order valence-corrected chi connectivity index (χ3v) is 2.17. The Morgan fingerprint density at radius 1 is 1.21 bits per heavy atom. The molecule has 0 saturated heterocycles. The minimum Gasteiger partial charge on any atom is -0.491 e. The molecule has 0 atom stereocenters. The Bertz CT molecular complexity index is 415. The van der Waals surface area contributed by atoms with Crippen molar-refractivity contribution in [2.24, 2.45) is 5.16 Å². The maximum Gasteiger partial charge on any atom is 0.522 e. The van der Waals surface area contributed by atoms with Crippen LogP contribution < -0.4 is 4.74 Å². The molecule has 0 aromatic heterocycles. The average Bonchev–Trinajstić information content (AvgIpc) is 2.35. The first-order valence-electron chi connectivity index (χ1n) is 5.50. The molecule has 0 aliphatic rings. The Hall–Kier alpha value is -1.76. The summed E-state index contributed by atoms with van der Waals surface area (Å²) < 4.78 is 43.7. The van der Waals surface area contributed by atoms with Crippen LogP contribution in [0.15, 0.2) is 29.4 Å². The lowest BCUT2D eigenvalue weighted by atomic mass is 10.1. The van der Waals surface area contributed by atoms with Crippen LogP contribution in [-0.4, -0.2) is 30.5 Å². The maximum atomic E-state index is 11.7. The van der Waals surface area contributed by atoms with E-state index in [0.29, 0.717) is 17.9 Å². The van der Waals surface area contributed by atoms with Gasteiger partial charge in [0, 0.05) is 6.42 Å². The van der Waals surface area contributed by atoms with E-state index in [1.165, 1.54) is 0 Å². The lowest BCUT2D eigenvalue weighted by Gasteiger charge is -2.09. The van der Waals surface area contributed by atoms with Gasteiger partial charge in [-0.1, -0.05) is 17.3 Å². The minimum absolute atomic E-state index is 0.185. The van der Waals surface area contributed by atoms with E-state index >= 15 is 0 Å². The van der Waals surface area contributed by atoms with Crippen LogP contribution in [0.25, 0.3) is 0 Å². The summed E-state index contributed by atoms with van der Waals surface area (Å²) in [5.74, 6) is 0.452. The van der Waals surface area contributed by atoms with E-state index in [1.54, 1.807) is 31.2 Å². The van der Waals surface area contributed by atoms with E-state index in [2.05, 4.69) is 9.89 Å². The first-order chi connectivity index (χ1) is 8.90. The van der Waals surface area contributed by atoms with Crippen LogP contribution in [0.3, 0.4) is 0 Å². The van der Waals surface area contributed by atoms with Gasteiger partial charge in [0.2, 0.25) is 0 Å². The highest BCUT2D eigenvalue weighted by atomic mass is 19.4. The van der Waals surface area contributed by atoms with Crippen LogP contribution in [0.5, 0.6) is 5.75 Å². The highest BCUT2D eigenvalue weighted by Gasteiger charge is 2.28. The normalized spacial score (nSPS) is 12.5. The van der Waals surface area contributed by atoms with Gasteiger partial charge in [-0.2, -0.15) is 0 Å². The van der Waals surface area contributed by atoms with Gasteiger partial charge in [0.05, 0.1) is 12.3 Å². The summed E-state index contributed by atoms with van der Waals surface area (Å²) in [6, 6.07) is 6.75. The molecule has 1 rings (SSSR count). The largest absolute Gasteiger partial charge is 0.522 e. The highest BCUT2D eigenvalue weighted by Crippen LogP contribution is 2.16. The van der Waals surface area contributed by atoms with E-state index in [-0.39, 0.29) is 6.61 Å². The SMILES string of the molecule is C/C(Cc1ccc(OCCOC(F)(F)F)cc1)=N/O. The predicted molar refractivity (Wildman–Crippen MR) is 62.5 cm³/mol. The number of hydrogen-bond donors (Lipinski definition) is 1. The molecule has 4 nitrogen and oxygen atoms in total. The molecule has 106 valence electrons. The van der Waals surface area contributed by atoms with E-state index < -0.39 is 13.0 Å². The number of oxime groups is 1. The summed E-state index contributed by atoms with van der Waals surface area (Å²) in [5, 5.41) is 11.6. The van der Waals surface area contributed by atoms with Crippen molar-refractivity contribution in [1.29, 1.82) is 0 Å². The van der Waals surface area contributed by atoms with Crippen molar-refractivity contribution in [3.05, 3.63) is 29.8 Å². The Kier molecular flexibility index (Phi) is 5.62. The second kappa shape index (κ2) is 6.98. The zero-order valence-electron chi connectivity index (χ0n) is 10.3. The summed E-state index contributed by atoms with van der Waals surface area (Å²) in [4.78, 5) is 0. The molecule has 1 aromatic carbocycles. The van der Waals surface area contributed by atoms with E-state index in [1.807, 2.05) is 0 Å². The van der Waals surface area contributed by atoms with Crippen LogP contribution in [-0.2, 0) is 11.2 Å². The fourth-order valence-electron chi connectivity index (χ4n) is 1.35. The van der Waals surface area contributed by atoms with Gasteiger partial charge in [0.15, 0.2) is 0 Å². The van der Waals surface area contributed by atoms with Crippen molar-refractivity contribution in [3.63, 3.8) is 0 Å². The summed E-state index contributed by atoms with van der Waals surface area (Å²) in [6.07, 6.45) is -4.14. The second-order valence-electron chi connectivity index (χ2n) is 3.80. The average molecular weight is 277 g/mol. The van der Waals surface area contributed by atoms with Gasteiger partial charge in [0.25, 0.3) is 0 Å². The van der Waals surface area contributed by atoms with Crippen molar-refractivity contribution in [1.82, 2.24) is 0 Å². The smallest absolute Gasteiger partial charge is 0.491 e. The Morgan fingerprint density at radius 2 is 1.84 bits per heavy atom.